The zero-order valence-electron chi connectivity index (χ0n) is 15.8. The molecule has 0 spiro atoms. The lowest BCUT2D eigenvalue weighted by molar-refractivity contribution is -0.142. The molecule has 0 fully saturated rings. The normalized spacial score (nSPS) is 15.8. The number of methoxy groups -OCH3 is 1. The Labute approximate surface area is 162 Å². The molecule has 0 saturated carbocycles. The highest BCUT2D eigenvalue weighted by Gasteiger charge is 2.31. The molecule has 0 aromatic heterocycles. The van der Waals surface area contributed by atoms with E-state index in [1.165, 1.54) is 19.2 Å². The summed E-state index contributed by atoms with van der Waals surface area (Å²) in [6, 6.07) is 7.64. The molecule has 1 aliphatic rings. The summed E-state index contributed by atoms with van der Waals surface area (Å²) in [5.74, 6) is -0.707. The van der Waals surface area contributed by atoms with Crippen LogP contribution in [0.25, 0.3) is 0 Å². The maximum absolute atomic E-state index is 12.6. The lowest BCUT2D eigenvalue weighted by atomic mass is 10.1. The van der Waals surface area contributed by atoms with E-state index >= 15 is 0 Å². The first-order valence-corrected chi connectivity index (χ1v) is 8.66. The van der Waals surface area contributed by atoms with Crippen LogP contribution in [0.4, 0.5) is 11.4 Å². The van der Waals surface area contributed by atoms with Gasteiger partial charge >= 0.3 is 5.97 Å². The number of carbonyl (C=O) groups excluding carboxylic acids is 3. The molecule has 28 heavy (non-hydrogen) atoms. The highest BCUT2D eigenvalue weighted by Crippen LogP contribution is 2.36. The number of nitrogens with one attached hydrogen (secondary N) is 2. The van der Waals surface area contributed by atoms with Crippen molar-refractivity contribution in [2.45, 2.75) is 26.3 Å². The zero-order chi connectivity index (χ0) is 20.4. The molecule has 0 bridgehead atoms. The number of benzene rings is 2. The minimum Gasteiger partial charge on any atom is -0.469 e. The standard InChI is InChI=1S/C20H21N3O5/c1-10-5-4-6-11(2)18(10)28-16-7-12-14(8-13(16)21)22-20(26)15(23-19(12)25)9-17(24)27-3/h4-8,15H,9,21H2,1-3H3,(H,22,26)(H,23,25)/t15-/m0/s1. The Bertz CT molecular complexity index is 950. The molecule has 1 atom stereocenters. The van der Waals surface area contributed by atoms with Crippen molar-refractivity contribution in [3.63, 3.8) is 0 Å². The number of nitrogen functional groups attached to an aromatic ring is 1. The first kappa shape index (κ1) is 19.2. The van der Waals surface area contributed by atoms with Gasteiger partial charge in [-0.05, 0) is 37.1 Å². The van der Waals surface area contributed by atoms with Crippen LogP contribution < -0.4 is 21.1 Å². The van der Waals surface area contributed by atoms with Gasteiger partial charge in [0.15, 0.2) is 5.75 Å². The van der Waals surface area contributed by atoms with Gasteiger partial charge < -0.3 is 25.8 Å². The molecule has 2 aromatic carbocycles. The second-order valence-electron chi connectivity index (χ2n) is 6.55. The molecule has 0 unspecified atom stereocenters. The average Bonchev–Trinajstić information content (AvgIpc) is 2.75. The average molecular weight is 383 g/mol. The first-order chi connectivity index (χ1) is 13.3. The molecular formula is C20H21N3O5. The van der Waals surface area contributed by atoms with Crippen molar-refractivity contribution in [2.24, 2.45) is 0 Å². The maximum atomic E-state index is 12.6. The summed E-state index contributed by atoms with van der Waals surface area (Å²) >= 11 is 0. The maximum Gasteiger partial charge on any atom is 0.308 e. The monoisotopic (exact) mass is 383 g/mol. The Hall–Kier alpha value is -3.55. The lowest BCUT2D eigenvalue weighted by Gasteiger charge is -2.15. The number of fused-ring (bicyclic) bond motifs is 1. The van der Waals surface area contributed by atoms with Gasteiger partial charge in [-0.2, -0.15) is 0 Å². The van der Waals surface area contributed by atoms with Gasteiger partial charge in [-0.1, -0.05) is 18.2 Å². The molecule has 4 N–H and O–H groups in total. The number of rotatable bonds is 4. The van der Waals surface area contributed by atoms with Crippen molar-refractivity contribution in [1.82, 2.24) is 5.32 Å². The molecular weight excluding hydrogens is 362 g/mol. The van der Waals surface area contributed by atoms with E-state index in [1.807, 2.05) is 32.0 Å². The van der Waals surface area contributed by atoms with Crippen molar-refractivity contribution >= 4 is 29.2 Å². The quantitative estimate of drug-likeness (QED) is 0.550. The molecule has 146 valence electrons. The van der Waals surface area contributed by atoms with Crippen LogP contribution in [-0.4, -0.2) is 30.9 Å². The smallest absolute Gasteiger partial charge is 0.308 e. The number of ether oxygens (including phenoxy) is 2. The summed E-state index contributed by atoms with van der Waals surface area (Å²) in [6.45, 7) is 3.82. The summed E-state index contributed by atoms with van der Waals surface area (Å²) in [4.78, 5) is 36.5. The number of carbonyl (C=O) groups is 3. The van der Waals surface area contributed by atoms with Crippen LogP contribution in [0.3, 0.4) is 0 Å². The van der Waals surface area contributed by atoms with Crippen molar-refractivity contribution in [3.05, 3.63) is 47.0 Å². The van der Waals surface area contributed by atoms with Gasteiger partial charge in [0.1, 0.15) is 11.8 Å². The molecule has 3 rings (SSSR count). The van der Waals surface area contributed by atoms with Crippen LogP contribution in [-0.2, 0) is 14.3 Å². The van der Waals surface area contributed by atoms with E-state index in [9.17, 15) is 14.4 Å². The number of amides is 2. The number of esters is 1. The van der Waals surface area contributed by atoms with E-state index in [-0.39, 0.29) is 23.4 Å². The van der Waals surface area contributed by atoms with Crippen LogP contribution >= 0.6 is 0 Å². The highest BCUT2D eigenvalue weighted by atomic mass is 16.5. The van der Waals surface area contributed by atoms with Crippen molar-refractivity contribution in [1.29, 1.82) is 0 Å². The Balaban J connectivity index is 1.95. The van der Waals surface area contributed by atoms with Crippen LogP contribution in [0, 0.1) is 13.8 Å². The van der Waals surface area contributed by atoms with E-state index in [2.05, 4.69) is 15.4 Å². The predicted molar refractivity (Wildman–Crippen MR) is 103 cm³/mol. The van der Waals surface area contributed by atoms with Crippen LogP contribution in [0.15, 0.2) is 30.3 Å². The Morgan fingerprint density at radius 1 is 1.18 bits per heavy atom. The molecule has 1 aliphatic heterocycles. The number of anilines is 2. The molecule has 2 amide bonds. The molecule has 8 heteroatoms. The fourth-order valence-corrected chi connectivity index (χ4v) is 2.96. The largest absolute Gasteiger partial charge is 0.469 e. The fraction of sp³-hybridized carbons (Fsp3) is 0.250. The van der Waals surface area contributed by atoms with Gasteiger partial charge in [0, 0.05) is 0 Å². The van der Waals surface area contributed by atoms with E-state index in [4.69, 9.17) is 10.5 Å². The van der Waals surface area contributed by atoms with Gasteiger partial charge in [0.25, 0.3) is 5.91 Å². The van der Waals surface area contributed by atoms with E-state index < -0.39 is 23.8 Å². The zero-order valence-corrected chi connectivity index (χ0v) is 15.8. The third-order valence-electron chi connectivity index (χ3n) is 4.49. The molecule has 0 aliphatic carbocycles. The Morgan fingerprint density at radius 3 is 2.50 bits per heavy atom. The summed E-state index contributed by atoms with van der Waals surface area (Å²) < 4.78 is 10.5. The third-order valence-corrected chi connectivity index (χ3v) is 4.49. The number of para-hydroxylation sites is 1. The molecule has 0 radical (unpaired) electrons. The van der Waals surface area contributed by atoms with E-state index in [1.54, 1.807) is 0 Å². The minimum atomic E-state index is -1.04. The van der Waals surface area contributed by atoms with Gasteiger partial charge in [0.2, 0.25) is 5.91 Å². The third kappa shape index (κ3) is 3.75. The van der Waals surface area contributed by atoms with Crippen LogP contribution in [0.1, 0.15) is 27.9 Å². The summed E-state index contributed by atoms with van der Waals surface area (Å²) in [5.41, 5.74) is 8.64. The van der Waals surface area contributed by atoms with E-state index in [0.29, 0.717) is 11.5 Å². The second-order valence-corrected chi connectivity index (χ2v) is 6.55. The number of nitrogens with two attached hydrogens (primary N) is 1. The first-order valence-electron chi connectivity index (χ1n) is 8.66. The second kappa shape index (κ2) is 7.59. The van der Waals surface area contributed by atoms with Crippen molar-refractivity contribution in [3.8, 4) is 11.5 Å². The van der Waals surface area contributed by atoms with Crippen molar-refractivity contribution < 1.29 is 23.9 Å². The minimum absolute atomic E-state index is 0.191. The molecule has 8 nitrogen and oxygen atoms in total. The number of aryl methyl sites for hydroxylation is 2. The predicted octanol–water partition coefficient (Wildman–Crippen LogP) is 2.29. The molecule has 0 saturated heterocycles. The van der Waals surface area contributed by atoms with Gasteiger partial charge in [-0.3, -0.25) is 14.4 Å². The Morgan fingerprint density at radius 2 is 1.86 bits per heavy atom. The van der Waals surface area contributed by atoms with Gasteiger partial charge in [-0.15, -0.1) is 0 Å². The molecule has 1 heterocycles. The lowest BCUT2D eigenvalue weighted by Crippen LogP contribution is -2.42. The summed E-state index contributed by atoms with van der Waals surface area (Å²) in [6.07, 6.45) is -0.274. The summed E-state index contributed by atoms with van der Waals surface area (Å²) in [5, 5.41) is 5.16. The highest BCUT2D eigenvalue weighted by molar-refractivity contribution is 6.11. The molecule has 2 aromatic rings. The number of hydrogen-bond acceptors (Lipinski definition) is 6. The SMILES string of the molecule is COC(=O)C[C@@H]1NC(=O)c2cc(Oc3c(C)cccc3C)c(N)cc2NC1=O. The Kier molecular flexibility index (Phi) is 5.21. The van der Waals surface area contributed by atoms with E-state index in [0.717, 1.165) is 11.1 Å². The number of hydrogen-bond donors (Lipinski definition) is 3. The summed E-state index contributed by atoms with van der Waals surface area (Å²) in [7, 11) is 1.21. The van der Waals surface area contributed by atoms with Crippen LogP contribution in [0.2, 0.25) is 0 Å². The van der Waals surface area contributed by atoms with Crippen LogP contribution in [0.5, 0.6) is 11.5 Å². The van der Waals surface area contributed by atoms with Gasteiger partial charge in [0.05, 0.1) is 30.5 Å². The topological polar surface area (TPSA) is 120 Å². The fourth-order valence-electron chi connectivity index (χ4n) is 2.96. The van der Waals surface area contributed by atoms with Crippen molar-refractivity contribution in [2.75, 3.05) is 18.2 Å². The van der Waals surface area contributed by atoms with Gasteiger partial charge in [-0.25, -0.2) is 0 Å².